The van der Waals surface area contributed by atoms with Crippen LogP contribution in [0.4, 0.5) is 11.4 Å². The Morgan fingerprint density at radius 2 is 1.80 bits per heavy atom. The van der Waals surface area contributed by atoms with E-state index in [4.69, 9.17) is 4.74 Å². The Hall–Kier alpha value is -3.48. The van der Waals surface area contributed by atoms with Crippen molar-refractivity contribution < 1.29 is 23.9 Å². The van der Waals surface area contributed by atoms with Crippen molar-refractivity contribution in [2.75, 3.05) is 23.4 Å². The topological polar surface area (TPSA) is 92.8 Å². The van der Waals surface area contributed by atoms with E-state index in [1.165, 1.54) is 0 Å². The average Bonchev–Trinajstić information content (AvgIpc) is 3.18. The third-order valence-corrected chi connectivity index (χ3v) is 4.79. The Balaban J connectivity index is 1.61. The molecule has 0 aliphatic carbocycles. The molecular weight excluding hydrogens is 384 g/mol. The van der Waals surface area contributed by atoms with Crippen LogP contribution in [0.25, 0.3) is 0 Å². The molecule has 1 N–H and O–H groups in total. The first kappa shape index (κ1) is 21.2. The van der Waals surface area contributed by atoms with Gasteiger partial charge in [0, 0.05) is 30.6 Å². The number of para-hydroxylation sites is 1. The van der Waals surface area contributed by atoms with E-state index >= 15 is 0 Å². The molecule has 0 bridgehead atoms. The summed E-state index contributed by atoms with van der Waals surface area (Å²) in [6.45, 7) is 2.07. The van der Waals surface area contributed by atoms with Crippen LogP contribution in [0.2, 0.25) is 0 Å². The van der Waals surface area contributed by atoms with Crippen LogP contribution in [-0.4, -0.2) is 36.7 Å². The predicted molar refractivity (Wildman–Crippen MR) is 113 cm³/mol. The maximum absolute atomic E-state index is 12.5. The van der Waals surface area contributed by atoms with E-state index in [2.05, 4.69) is 5.32 Å². The molecule has 30 heavy (non-hydrogen) atoms. The van der Waals surface area contributed by atoms with Crippen LogP contribution in [0, 0.1) is 0 Å². The predicted octanol–water partition coefficient (Wildman–Crippen LogP) is 3.59. The van der Waals surface area contributed by atoms with Crippen molar-refractivity contribution in [1.29, 1.82) is 0 Å². The van der Waals surface area contributed by atoms with E-state index in [0.29, 0.717) is 36.3 Å². The molecule has 1 heterocycles. The molecule has 0 atom stereocenters. The van der Waals surface area contributed by atoms with E-state index in [1.807, 2.05) is 6.92 Å². The van der Waals surface area contributed by atoms with Gasteiger partial charge in [-0.3, -0.25) is 14.4 Å². The fourth-order valence-corrected chi connectivity index (χ4v) is 3.27. The molecule has 156 valence electrons. The zero-order chi connectivity index (χ0) is 21.5. The number of benzene rings is 2. The molecule has 1 aliphatic rings. The summed E-state index contributed by atoms with van der Waals surface area (Å²) in [5, 5.41) is 2.75. The summed E-state index contributed by atoms with van der Waals surface area (Å²) >= 11 is 0. The zero-order valence-corrected chi connectivity index (χ0v) is 16.8. The number of anilines is 2. The van der Waals surface area contributed by atoms with Gasteiger partial charge in [-0.15, -0.1) is 0 Å². The quantitative estimate of drug-likeness (QED) is 0.532. The van der Waals surface area contributed by atoms with Gasteiger partial charge >= 0.3 is 5.97 Å². The fraction of sp³-hybridized carbons (Fsp3) is 0.304. The second-order valence-corrected chi connectivity index (χ2v) is 7.04. The van der Waals surface area contributed by atoms with E-state index in [-0.39, 0.29) is 23.2 Å². The third-order valence-electron chi connectivity index (χ3n) is 4.79. The molecule has 2 aromatic rings. The molecule has 1 fully saturated rings. The molecular formula is C23H24N2O5. The Bertz CT molecular complexity index is 952. The Labute approximate surface area is 175 Å². The number of hydrogen-bond donors (Lipinski definition) is 1. The largest absolute Gasteiger partial charge is 0.454 e. The Kier molecular flexibility index (Phi) is 6.95. The summed E-state index contributed by atoms with van der Waals surface area (Å²) in [5.41, 5.74) is 1.74. The molecule has 2 amide bonds. The molecule has 0 spiro atoms. The normalized spacial score (nSPS) is 13.2. The van der Waals surface area contributed by atoms with Gasteiger partial charge in [0.2, 0.25) is 11.8 Å². The van der Waals surface area contributed by atoms with Crippen molar-refractivity contribution in [2.45, 2.75) is 32.6 Å². The van der Waals surface area contributed by atoms with Gasteiger partial charge in [0.05, 0.1) is 11.3 Å². The molecule has 1 aliphatic heterocycles. The highest BCUT2D eigenvalue weighted by Gasteiger charge is 2.26. The lowest BCUT2D eigenvalue weighted by atomic mass is 10.1. The first-order valence-corrected chi connectivity index (χ1v) is 9.99. The number of nitrogens with one attached hydrogen (secondary N) is 1. The molecule has 0 saturated carbocycles. The first-order chi connectivity index (χ1) is 14.5. The number of rotatable bonds is 8. The third kappa shape index (κ3) is 5.11. The van der Waals surface area contributed by atoms with Crippen molar-refractivity contribution in [1.82, 2.24) is 0 Å². The summed E-state index contributed by atoms with van der Waals surface area (Å²) in [6, 6.07) is 13.2. The van der Waals surface area contributed by atoms with Gasteiger partial charge in [0.1, 0.15) is 0 Å². The number of carbonyl (C=O) groups excluding carboxylic acids is 4. The van der Waals surface area contributed by atoms with E-state index < -0.39 is 12.6 Å². The second-order valence-electron chi connectivity index (χ2n) is 7.04. The van der Waals surface area contributed by atoms with Crippen LogP contribution in [-0.2, 0) is 14.3 Å². The molecule has 0 unspecified atom stereocenters. The lowest BCUT2D eigenvalue weighted by Crippen LogP contribution is -2.26. The minimum absolute atomic E-state index is 0.0301. The molecule has 0 radical (unpaired) electrons. The highest BCUT2D eigenvalue weighted by Crippen LogP contribution is 2.26. The second kappa shape index (κ2) is 9.82. The van der Waals surface area contributed by atoms with Crippen molar-refractivity contribution in [3.05, 3.63) is 59.7 Å². The molecule has 2 aromatic carbocycles. The molecule has 1 saturated heterocycles. The monoisotopic (exact) mass is 408 g/mol. The molecule has 7 heteroatoms. The van der Waals surface area contributed by atoms with Crippen LogP contribution in [0.3, 0.4) is 0 Å². The van der Waals surface area contributed by atoms with Crippen molar-refractivity contribution >= 4 is 34.9 Å². The van der Waals surface area contributed by atoms with Gasteiger partial charge in [0.15, 0.2) is 12.4 Å². The SMILES string of the molecule is CCCC(=O)Nc1ccc(C(=O)COC(=O)c2ccccc2N2CCCC2=O)cc1. The smallest absolute Gasteiger partial charge is 0.340 e. The van der Waals surface area contributed by atoms with Crippen LogP contribution in [0.5, 0.6) is 0 Å². The zero-order valence-electron chi connectivity index (χ0n) is 16.8. The maximum Gasteiger partial charge on any atom is 0.340 e. The van der Waals surface area contributed by atoms with Gasteiger partial charge in [-0.25, -0.2) is 4.79 Å². The summed E-state index contributed by atoms with van der Waals surface area (Å²) < 4.78 is 5.21. The summed E-state index contributed by atoms with van der Waals surface area (Å²) in [4.78, 5) is 50.1. The number of esters is 1. The van der Waals surface area contributed by atoms with Crippen LogP contribution in [0.15, 0.2) is 48.5 Å². The van der Waals surface area contributed by atoms with E-state index in [9.17, 15) is 19.2 Å². The number of hydrogen-bond acceptors (Lipinski definition) is 5. The minimum atomic E-state index is -0.651. The standard InChI is InChI=1S/C23H24N2O5/c1-2-6-21(27)24-17-12-10-16(11-13-17)20(26)15-30-23(29)18-7-3-4-8-19(18)25-14-5-9-22(25)28/h3-4,7-8,10-13H,2,5-6,9,14-15H2,1H3,(H,24,27). The Morgan fingerprint density at radius 1 is 1.07 bits per heavy atom. The number of ether oxygens (including phenoxy) is 1. The van der Waals surface area contributed by atoms with Gasteiger partial charge < -0.3 is 15.0 Å². The lowest BCUT2D eigenvalue weighted by molar-refractivity contribution is -0.117. The van der Waals surface area contributed by atoms with Crippen LogP contribution in [0.1, 0.15) is 53.3 Å². The van der Waals surface area contributed by atoms with Crippen molar-refractivity contribution in [2.24, 2.45) is 0 Å². The minimum Gasteiger partial charge on any atom is -0.454 e. The van der Waals surface area contributed by atoms with E-state index in [1.54, 1.807) is 53.4 Å². The molecule has 3 rings (SSSR count). The number of nitrogens with zero attached hydrogens (tertiary/aromatic N) is 1. The van der Waals surface area contributed by atoms with E-state index in [0.717, 1.165) is 12.8 Å². The molecule has 0 aromatic heterocycles. The first-order valence-electron chi connectivity index (χ1n) is 9.99. The fourth-order valence-electron chi connectivity index (χ4n) is 3.27. The number of amides is 2. The van der Waals surface area contributed by atoms with Crippen LogP contribution >= 0.6 is 0 Å². The summed E-state index contributed by atoms with van der Waals surface area (Å²) in [6.07, 6.45) is 2.39. The summed E-state index contributed by atoms with van der Waals surface area (Å²) in [5.74, 6) is -1.12. The number of Topliss-reactive ketones (excluding diaryl/α,β-unsaturated/α-hetero) is 1. The lowest BCUT2D eigenvalue weighted by Gasteiger charge is -2.18. The summed E-state index contributed by atoms with van der Waals surface area (Å²) in [7, 11) is 0. The van der Waals surface area contributed by atoms with Gasteiger partial charge in [0.25, 0.3) is 0 Å². The maximum atomic E-state index is 12.5. The van der Waals surface area contributed by atoms with Gasteiger partial charge in [-0.05, 0) is 49.2 Å². The van der Waals surface area contributed by atoms with Gasteiger partial charge in [-0.2, -0.15) is 0 Å². The highest BCUT2D eigenvalue weighted by molar-refractivity contribution is 6.05. The Morgan fingerprint density at radius 3 is 2.47 bits per heavy atom. The van der Waals surface area contributed by atoms with Crippen molar-refractivity contribution in [3.63, 3.8) is 0 Å². The van der Waals surface area contributed by atoms with Gasteiger partial charge in [-0.1, -0.05) is 19.1 Å². The number of ketones is 1. The van der Waals surface area contributed by atoms with Crippen molar-refractivity contribution in [3.8, 4) is 0 Å². The number of carbonyl (C=O) groups is 4. The molecule has 7 nitrogen and oxygen atoms in total. The van der Waals surface area contributed by atoms with Crippen LogP contribution < -0.4 is 10.2 Å². The highest BCUT2D eigenvalue weighted by atomic mass is 16.5. The average molecular weight is 408 g/mol.